The number of halogens is 3. The molecule has 1 aromatic heterocycles. The smallest absolute Gasteiger partial charge is 0.351 e. The molecule has 3 N–H and O–H groups in total. The van der Waals surface area contributed by atoms with Gasteiger partial charge in [-0.15, -0.1) is 0 Å². The lowest BCUT2D eigenvalue weighted by Gasteiger charge is -2.24. The Morgan fingerprint density at radius 2 is 2.03 bits per heavy atom. The van der Waals surface area contributed by atoms with Crippen LogP contribution in [-0.2, 0) is 10.2 Å². The summed E-state index contributed by atoms with van der Waals surface area (Å²) in [5, 5.41) is 3.30. The second kappa shape index (κ2) is 9.33. The van der Waals surface area contributed by atoms with Crippen molar-refractivity contribution >= 4 is 32.6 Å². The Bertz CT molecular complexity index is 1100. The van der Waals surface area contributed by atoms with E-state index in [0.717, 1.165) is 11.1 Å². The van der Waals surface area contributed by atoms with E-state index in [2.05, 4.69) is 19.7 Å². The molecule has 1 amide bonds. The third kappa shape index (κ3) is 5.81. The summed E-state index contributed by atoms with van der Waals surface area (Å²) in [6.07, 6.45) is -0.841. The minimum atomic E-state index is -4.19. The summed E-state index contributed by atoms with van der Waals surface area (Å²) in [4.78, 5) is 16.7. The minimum absolute atomic E-state index is 0.0210. The highest BCUT2D eigenvalue weighted by atomic mass is 32.2. The van der Waals surface area contributed by atoms with Crippen LogP contribution >= 0.6 is 0 Å². The zero-order valence-electron chi connectivity index (χ0n) is 16.8. The van der Waals surface area contributed by atoms with Gasteiger partial charge in [0.1, 0.15) is 0 Å². The van der Waals surface area contributed by atoms with Gasteiger partial charge in [-0.1, -0.05) is 24.3 Å². The molecule has 1 atom stereocenters. The summed E-state index contributed by atoms with van der Waals surface area (Å²) in [6, 6.07) is 7.04. The number of para-hydroxylation sites is 1. The van der Waals surface area contributed by atoms with E-state index in [9.17, 15) is 26.4 Å². The summed E-state index contributed by atoms with van der Waals surface area (Å²) in [7, 11) is -2.30. The van der Waals surface area contributed by atoms with Gasteiger partial charge in [-0.05, 0) is 30.9 Å². The summed E-state index contributed by atoms with van der Waals surface area (Å²) in [5.74, 6) is -1.72. The SMILES string of the molecule is CNS(=O)(=O)NCCNC(=O)c1cnc2c(C3=CCC(C(F)(F)F)CC3)cccc2c1. The van der Waals surface area contributed by atoms with Crippen molar-refractivity contribution in [3.63, 3.8) is 0 Å². The number of rotatable bonds is 7. The quantitative estimate of drug-likeness (QED) is 0.558. The lowest BCUT2D eigenvalue weighted by atomic mass is 9.85. The molecule has 0 saturated heterocycles. The predicted molar refractivity (Wildman–Crippen MR) is 111 cm³/mol. The van der Waals surface area contributed by atoms with Crippen LogP contribution in [0, 0.1) is 5.92 Å². The van der Waals surface area contributed by atoms with Gasteiger partial charge < -0.3 is 5.32 Å². The van der Waals surface area contributed by atoms with Crippen LogP contribution < -0.4 is 14.8 Å². The number of nitrogens with zero attached hydrogens (tertiary/aromatic N) is 1. The minimum Gasteiger partial charge on any atom is -0.351 e. The lowest BCUT2D eigenvalue weighted by molar-refractivity contribution is -0.175. The van der Waals surface area contributed by atoms with Gasteiger partial charge in [0, 0.05) is 37.3 Å². The average Bonchev–Trinajstić information content (AvgIpc) is 2.75. The highest BCUT2D eigenvalue weighted by molar-refractivity contribution is 7.87. The first-order valence-corrected chi connectivity index (χ1v) is 11.2. The van der Waals surface area contributed by atoms with Crippen molar-refractivity contribution in [2.75, 3.05) is 20.1 Å². The van der Waals surface area contributed by atoms with Crippen molar-refractivity contribution in [1.29, 1.82) is 0 Å². The predicted octanol–water partition coefficient (Wildman–Crippen LogP) is 2.76. The summed E-state index contributed by atoms with van der Waals surface area (Å²) < 4.78 is 65.7. The van der Waals surface area contributed by atoms with Crippen molar-refractivity contribution in [1.82, 2.24) is 19.7 Å². The molecule has 168 valence electrons. The van der Waals surface area contributed by atoms with Gasteiger partial charge in [-0.3, -0.25) is 9.78 Å². The van der Waals surface area contributed by atoms with Gasteiger partial charge in [0.15, 0.2) is 0 Å². The zero-order chi connectivity index (χ0) is 22.6. The van der Waals surface area contributed by atoms with Crippen molar-refractivity contribution in [3.8, 4) is 0 Å². The van der Waals surface area contributed by atoms with Gasteiger partial charge in [0.25, 0.3) is 16.1 Å². The highest BCUT2D eigenvalue weighted by Gasteiger charge is 2.39. The molecule has 0 fully saturated rings. The van der Waals surface area contributed by atoms with E-state index >= 15 is 0 Å². The molecule has 1 aliphatic rings. The first-order chi connectivity index (χ1) is 14.6. The Balaban J connectivity index is 1.72. The Morgan fingerprint density at radius 3 is 2.68 bits per heavy atom. The molecule has 0 saturated carbocycles. The van der Waals surface area contributed by atoms with E-state index in [4.69, 9.17) is 0 Å². The lowest BCUT2D eigenvalue weighted by Crippen LogP contribution is -2.39. The Labute approximate surface area is 178 Å². The van der Waals surface area contributed by atoms with Crippen molar-refractivity contribution < 1.29 is 26.4 Å². The molecule has 1 unspecified atom stereocenters. The third-order valence-corrected chi connectivity index (χ3v) is 6.29. The van der Waals surface area contributed by atoms with Crippen LogP contribution in [0.2, 0.25) is 0 Å². The number of fused-ring (bicyclic) bond motifs is 1. The molecule has 0 bridgehead atoms. The van der Waals surface area contributed by atoms with Crippen LogP contribution in [0.5, 0.6) is 0 Å². The first kappa shape index (κ1) is 23.2. The van der Waals surface area contributed by atoms with Crippen LogP contribution in [0.3, 0.4) is 0 Å². The molecule has 0 radical (unpaired) electrons. The maximum absolute atomic E-state index is 12.9. The monoisotopic (exact) mass is 456 g/mol. The number of carbonyl (C=O) groups is 1. The molecule has 31 heavy (non-hydrogen) atoms. The number of benzene rings is 1. The van der Waals surface area contributed by atoms with Crippen LogP contribution in [0.1, 0.15) is 35.2 Å². The Kier molecular flexibility index (Phi) is 6.97. The van der Waals surface area contributed by atoms with E-state index in [1.807, 2.05) is 6.07 Å². The van der Waals surface area contributed by atoms with Gasteiger partial charge in [-0.2, -0.15) is 21.6 Å². The van der Waals surface area contributed by atoms with Crippen LogP contribution in [0.4, 0.5) is 13.2 Å². The van der Waals surface area contributed by atoms with E-state index in [-0.39, 0.29) is 25.9 Å². The van der Waals surface area contributed by atoms with Crippen molar-refractivity contribution in [2.24, 2.45) is 5.92 Å². The molecule has 1 heterocycles. The summed E-state index contributed by atoms with van der Waals surface area (Å²) >= 11 is 0. The van der Waals surface area contributed by atoms with Gasteiger partial charge in [0.2, 0.25) is 0 Å². The topological polar surface area (TPSA) is 100 Å². The normalized spacial score (nSPS) is 17.4. The largest absolute Gasteiger partial charge is 0.392 e. The molecule has 1 aromatic carbocycles. The number of alkyl halides is 3. The van der Waals surface area contributed by atoms with E-state index in [1.165, 1.54) is 13.2 Å². The Morgan fingerprint density at radius 1 is 1.26 bits per heavy atom. The third-order valence-electron chi connectivity index (χ3n) is 5.16. The molecular weight excluding hydrogens is 433 g/mol. The highest BCUT2D eigenvalue weighted by Crippen LogP contribution is 2.40. The number of hydrogen-bond acceptors (Lipinski definition) is 4. The second-order valence-corrected chi connectivity index (χ2v) is 8.91. The van der Waals surface area contributed by atoms with E-state index in [0.29, 0.717) is 22.9 Å². The molecule has 0 aliphatic heterocycles. The molecule has 11 heteroatoms. The van der Waals surface area contributed by atoms with Gasteiger partial charge >= 0.3 is 6.18 Å². The fraction of sp³-hybridized carbons (Fsp3) is 0.400. The van der Waals surface area contributed by atoms with Crippen LogP contribution in [-0.4, -0.2) is 45.6 Å². The number of carbonyl (C=O) groups excluding carboxylic acids is 1. The molecular formula is C20H23F3N4O3S. The number of aromatic nitrogens is 1. The maximum Gasteiger partial charge on any atom is 0.392 e. The fourth-order valence-corrected chi connectivity index (χ4v) is 3.97. The molecule has 2 aromatic rings. The molecule has 0 spiro atoms. The first-order valence-electron chi connectivity index (χ1n) is 9.72. The standard InChI is InChI=1S/C20H23F3N4O3S/c1-24-31(29,30)27-10-9-25-19(28)15-11-14-3-2-4-17(18(14)26-12-15)13-5-7-16(8-6-13)20(21,22)23/h2-5,11-12,16,24,27H,6-10H2,1H3,(H,25,28). The number of pyridine rings is 1. The summed E-state index contributed by atoms with van der Waals surface area (Å²) in [5.41, 5.74) is 2.52. The van der Waals surface area contributed by atoms with Crippen molar-refractivity contribution in [3.05, 3.63) is 47.7 Å². The Hall–Kier alpha value is -2.50. The molecule has 7 nitrogen and oxygen atoms in total. The second-order valence-electron chi connectivity index (χ2n) is 7.20. The van der Waals surface area contributed by atoms with Crippen LogP contribution in [0.15, 0.2) is 36.5 Å². The number of hydrogen-bond donors (Lipinski definition) is 3. The molecule has 1 aliphatic carbocycles. The number of nitrogens with one attached hydrogen (secondary N) is 3. The zero-order valence-corrected chi connectivity index (χ0v) is 17.6. The van der Waals surface area contributed by atoms with Gasteiger partial charge in [0.05, 0.1) is 17.0 Å². The van der Waals surface area contributed by atoms with Gasteiger partial charge in [-0.25, -0.2) is 9.44 Å². The van der Waals surface area contributed by atoms with E-state index < -0.39 is 28.2 Å². The number of allylic oxidation sites excluding steroid dienone is 2. The maximum atomic E-state index is 12.9. The van der Waals surface area contributed by atoms with Crippen LogP contribution in [0.25, 0.3) is 16.5 Å². The molecule has 3 rings (SSSR count). The van der Waals surface area contributed by atoms with E-state index in [1.54, 1.807) is 24.3 Å². The number of amides is 1. The summed E-state index contributed by atoms with van der Waals surface area (Å²) in [6.45, 7) is 0.109. The van der Waals surface area contributed by atoms with Crippen molar-refractivity contribution in [2.45, 2.75) is 25.4 Å². The fourth-order valence-electron chi connectivity index (χ4n) is 3.46. The average molecular weight is 456 g/mol.